The smallest absolute Gasteiger partial charge is 0.263 e. The minimum Gasteiger partial charge on any atom is -0.326 e. The molecule has 0 amide bonds. The Hall–Kier alpha value is -2.06. The van der Waals surface area contributed by atoms with Crippen LogP contribution in [0.5, 0.6) is 0 Å². The summed E-state index contributed by atoms with van der Waals surface area (Å²) in [5.41, 5.74) is 5.77. The van der Waals surface area contributed by atoms with Gasteiger partial charge in [-0.25, -0.2) is 12.8 Å². The SMILES string of the molecule is NCc1ccc(F)cc1S(=O)(=O)Nc1cccnn1. The Morgan fingerprint density at radius 2 is 2.11 bits per heavy atom. The molecular formula is C11H11FN4O2S. The van der Waals surface area contributed by atoms with Crippen molar-refractivity contribution in [1.29, 1.82) is 0 Å². The van der Waals surface area contributed by atoms with Crippen LogP contribution in [0.25, 0.3) is 0 Å². The minimum absolute atomic E-state index is 0.0169. The molecule has 1 heterocycles. The molecule has 6 nitrogen and oxygen atoms in total. The summed E-state index contributed by atoms with van der Waals surface area (Å²) in [4.78, 5) is -0.208. The highest BCUT2D eigenvalue weighted by molar-refractivity contribution is 7.92. The van der Waals surface area contributed by atoms with Crippen LogP contribution < -0.4 is 10.5 Å². The maximum Gasteiger partial charge on any atom is 0.263 e. The number of benzene rings is 1. The van der Waals surface area contributed by atoms with Gasteiger partial charge < -0.3 is 5.73 Å². The van der Waals surface area contributed by atoms with Crippen molar-refractivity contribution in [3.05, 3.63) is 47.9 Å². The van der Waals surface area contributed by atoms with Crippen LogP contribution >= 0.6 is 0 Å². The molecule has 0 spiro atoms. The number of rotatable bonds is 4. The number of nitrogens with zero attached hydrogens (tertiary/aromatic N) is 2. The second-order valence-electron chi connectivity index (χ2n) is 3.67. The fourth-order valence-electron chi connectivity index (χ4n) is 1.50. The lowest BCUT2D eigenvalue weighted by molar-refractivity contribution is 0.593. The highest BCUT2D eigenvalue weighted by Gasteiger charge is 2.19. The third-order valence-electron chi connectivity index (χ3n) is 2.35. The molecule has 0 radical (unpaired) electrons. The van der Waals surface area contributed by atoms with Gasteiger partial charge in [-0.3, -0.25) is 4.72 Å². The van der Waals surface area contributed by atoms with Crippen LogP contribution in [0.1, 0.15) is 5.56 Å². The zero-order valence-electron chi connectivity index (χ0n) is 9.75. The van der Waals surface area contributed by atoms with Crippen molar-refractivity contribution in [3.63, 3.8) is 0 Å². The quantitative estimate of drug-likeness (QED) is 0.867. The molecule has 2 aromatic rings. The van der Waals surface area contributed by atoms with Crippen molar-refractivity contribution >= 4 is 15.8 Å². The average Bonchev–Trinajstić information content (AvgIpc) is 2.39. The molecule has 2 rings (SSSR count). The van der Waals surface area contributed by atoms with Gasteiger partial charge in [-0.1, -0.05) is 6.07 Å². The second kappa shape index (κ2) is 5.29. The van der Waals surface area contributed by atoms with Crippen LogP contribution in [0.3, 0.4) is 0 Å². The summed E-state index contributed by atoms with van der Waals surface area (Å²) in [7, 11) is -3.95. The van der Waals surface area contributed by atoms with Crippen LogP contribution in [-0.4, -0.2) is 18.6 Å². The Bertz CT molecular complexity index is 676. The number of aromatic nitrogens is 2. The standard InChI is InChI=1S/C11H11FN4O2S/c12-9-4-3-8(7-13)10(6-9)19(17,18)16-11-2-1-5-14-15-11/h1-6H,7,13H2,(H,15,16). The topological polar surface area (TPSA) is 98.0 Å². The van der Waals surface area contributed by atoms with Gasteiger partial charge in [0.2, 0.25) is 0 Å². The molecule has 0 saturated heterocycles. The minimum atomic E-state index is -3.95. The number of nitrogens with one attached hydrogen (secondary N) is 1. The van der Waals surface area contributed by atoms with Crippen LogP contribution in [0.4, 0.5) is 10.2 Å². The van der Waals surface area contributed by atoms with E-state index in [1.54, 1.807) is 0 Å². The van der Waals surface area contributed by atoms with Gasteiger partial charge in [-0.2, -0.15) is 5.10 Å². The van der Waals surface area contributed by atoms with E-state index in [1.807, 2.05) is 0 Å². The van der Waals surface area contributed by atoms with Gasteiger partial charge >= 0.3 is 0 Å². The molecule has 19 heavy (non-hydrogen) atoms. The molecule has 8 heteroatoms. The highest BCUT2D eigenvalue weighted by Crippen LogP contribution is 2.19. The lowest BCUT2D eigenvalue weighted by Gasteiger charge is -2.10. The monoisotopic (exact) mass is 282 g/mol. The van der Waals surface area contributed by atoms with Crippen molar-refractivity contribution in [2.24, 2.45) is 5.73 Å². The number of halogens is 1. The summed E-state index contributed by atoms with van der Waals surface area (Å²) in [6, 6.07) is 6.37. The summed E-state index contributed by atoms with van der Waals surface area (Å²) in [6.45, 7) is -0.0169. The van der Waals surface area contributed by atoms with Gasteiger partial charge in [0.25, 0.3) is 10.0 Å². The predicted molar refractivity (Wildman–Crippen MR) is 67.1 cm³/mol. The molecule has 1 aromatic carbocycles. The molecule has 100 valence electrons. The van der Waals surface area contributed by atoms with Gasteiger partial charge in [0.1, 0.15) is 5.82 Å². The fourth-order valence-corrected chi connectivity index (χ4v) is 2.75. The first-order valence-electron chi connectivity index (χ1n) is 5.32. The van der Waals surface area contributed by atoms with Gasteiger partial charge in [0.05, 0.1) is 4.90 Å². The van der Waals surface area contributed by atoms with Gasteiger partial charge in [-0.15, -0.1) is 5.10 Å². The Morgan fingerprint density at radius 3 is 2.74 bits per heavy atom. The molecule has 0 unspecified atom stereocenters. The molecule has 0 bridgehead atoms. The molecule has 0 aliphatic rings. The van der Waals surface area contributed by atoms with Gasteiger partial charge in [-0.05, 0) is 29.8 Å². The van der Waals surface area contributed by atoms with Crippen molar-refractivity contribution in [1.82, 2.24) is 10.2 Å². The molecule has 3 N–H and O–H groups in total. The number of hydrogen-bond acceptors (Lipinski definition) is 5. The van der Waals surface area contributed by atoms with Crippen molar-refractivity contribution < 1.29 is 12.8 Å². The zero-order valence-corrected chi connectivity index (χ0v) is 10.6. The first-order valence-corrected chi connectivity index (χ1v) is 6.80. The second-order valence-corrected chi connectivity index (χ2v) is 5.32. The summed E-state index contributed by atoms with van der Waals surface area (Å²) in [6.07, 6.45) is 1.41. The molecule has 0 aliphatic heterocycles. The average molecular weight is 282 g/mol. The normalized spacial score (nSPS) is 11.3. The Labute approximate surface area is 109 Å². The van der Waals surface area contributed by atoms with Gasteiger partial charge in [0, 0.05) is 12.7 Å². The van der Waals surface area contributed by atoms with E-state index in [4.69, 9.17) is 5.73 Å². The third-order valence-corrected chi connectivity index (χ3v) is 3.79. The Balaban J connectivity index is 2.42. The van der Waals surface area contributed by atoms with E-state index in [9.17, 15) is 12.8 Å². The van der Waals surface area contributed by atoms with E-state index in [-0.39, 0.29) is 17.3 Å². The Kier molecular flexibility index (Phi) is 3.72. The first kappa shape index (κ1) is 13.4. The van der Waals surface area contributed by atoms with Crippen LogP contribution in [0, 0.1) is 5.82 Å². The molecule has 0 saturated carbocycles. The fraction of sp³-hybridized carbons (Fsp3) is 0.0909. The molecule has 0 fully saturated rings. The first-order chi connectivity index (χ1) is 9.03. The number of anilines is 1. The number of hydrogen-bond donors (Lipinski definition) is 2. The third kappa shape index (κ3) is 3.04. The molecular weight excluding hydrogens is 271 g/mol. The predicted octanol–water partition coefficient (Wildman–Crippen LogP) is 0.875. The maximum atomic E-state index is 13.2. The van der Waals surface area contributed by atoms with Gasteiger partial charge in [0.15, 0.2) is 5.82 Å². The van der Waals surface area contributed by atoms with E-state index < -0.39 is 15.8 Å². The van der Waals surface area contributed by atoms with Crippen molar-refractivity contribution in [2.75, 3.05) is 4.72 Å². The summed E-state index contributed by atoms with van der Waals surface area (Å²) >= 11 is 0. The highest BCUT2D eigenvalue weighted by atomic mass is 32.2. The van der Waals surface area contributed by atoms with Crippen LogP contribution in [0.2, 0.25) is 0 Å². The van der Waals surface area contributed by atoms with E-state index in [0.29, 0.717) is 5.56 Å². The van der Waals surface area contributed by atoms with E-state index in [1.165, 1.54) is 24.4 Å². The molecule has 0 aliphatic carbocycles. The van der Waals surface area contributed by atoms with Crippen LogP contribution in [-0.2, 0) is 16.6 Å². The van der Waals surface area contributed by atoms with E-state index >= 15 is 0 Å². The maximum absolute atomic E-state index is 13.2. The van der Waals surface area contributed by atoms with E-state index in [2.05, 4.69) is 14.9 Å². The number of nitrogens with two attached hydrogens (primary N) is 1. The number of sulfonamides is 1. The largest absolute Gasteiger partial charge is 0.326 e. The lowest BCUT2D eigenvalue weighted by atomic mass is 10.2. The Morgan fingerprint density at radius 1 is 1.32 bits per heavy atom. The van der Waals surface area contributed by atoms with Crippen molar-refractivity contribution in [2.45, 2.75) is 11.4 Å². The molecule has 1 aromatic heterocycles. The van der Waals surface area contributed by atoms with Crippen molar-refractivity contribution in [3.8, 4) is 0 Å². The van der Waals surface area contributed by atoms with E-state index in [0.717, 1.165) is 12.1 Å². The van der Waals surface area contributed by atoms with Crippen LogP contribution in [0.15, 0.2) is 41.4 Å². The summed E-state index contributed by atoms with van der Waals surface area (Å²) < 4.78 is 39.7. The summed E-state index contributed by atoms with van der Waals surface area (Å²) in [5, 5.41) is 7.15. The molecule has 0 atom stereocenters. The summed E-state index contributed by atoms with van der Waals surface area (Å²) in [5.74, 6) is -0.605. The zero-order chi connectivity index (χ0) is 13.9. The lowest BCUT2D eigenvalue weighted by Crippen LogP contribution is -2.17.